The Bertz CT molecular complexity index is 938. The van der Waals surface area contributed by atoms with Gasteiger partial charge < -0.3 is 5.11 Å². The zero-order chi connectivity index (χ0) is 17.1. The van der Waals surface area contributed by atoms with Gasteiger partial charge in [-0.15, -0.1) is 11.3 Å². The van der Waals surface area contributed by atoms with Gasteiger partial charge in [0.25, 0.3) is 0 Å². The minimum Gasteiger partial charge on any atom is -0.506 e. The second-order valence-corrected chi connectivity index (χ2v) is 5.69. The van der Waals surface area contributed by atoms with Crippen molar-refractivity contribution in [3.05, 3.63) is 76.1 Å². The molecule has 0 atom stereocenters. The molecule has 6 heteroatoms. The number of aromatic nitrogens is 1. The van der Waals surface area contributed by atoms with Crippen LogP contribution in [0.15, 0.2) is 53.9 Å². The molecule has 0 aliphatic rings. The number of thiazole rings is 1. The Morgan fingerprint density at radius 3 is 2.33 bits per heavy atom. The van der Waals surface area contributed by atoms with E-state index in [9.17, 15) is 19.1 Å². The van der Waals surface area contributed by atoms with Crippen molar-refractivity contribution in [2.24, 2.45) is 0 Å². The van der Waals surface area contributed by atoms with E-state index >= 15 is 0 Å². The number of benzene rings is 2. The number of rotatable bonds is 3. The third-order valence-electron chi connectivity index (χ3n) is 3.33. The molecular weight excluding hydrogens is 330 g/mol. The molecular formula is C18H10F2N2OS. The standard InChI is InChI=1S/C18H10F2N2OS/c19-13-7-4-8-14(20)16(13)15-10-24-18(22-15)12(9-21)17(23)11-5-2-1-3-6-11/h1-8,10,23H. The molecule has 1 aromatic heterocycles. The molecule has 0 fully saturated rings. The number of allylic oxidation sites excluding steroid dienone is 1. The van der Waals surface area contributed by atoms with Crippen molar-refractivity contribution in [1.29, 1.82) is 5.26 Å². The van der Waals surface area contributed by atoms with Crippen LogP contribution < -0.4 is 0 Å². The highest BCUT2D eigenvalue weighted by atomic mass is 32.1. The minimum atomic E-state index is -0.735. The summed E-state index contributed by atoms with van der Waals surface area (Å²) < 4.78 is 27.7. The molecule has 0 amide bonds. The van der Waals surface area contributed by atoms with Gasteiger partial charge in [0.15, 0.2) is 0 Å². The molecule has 3 nitrogen and oxygen atoms in total. The Balaban J connectivity index is 2.08. The average Bonchev–Trinajstić information content (AvgIpc) is 3.05. The zero-order valence-electron chi connectivity index (χ0n) is 12.2. The fourth-order valence-electron chi connectivity index (χ4n) is 2.19. The van der Waals surface area contributed by atoms with Crippen LogP contribution in [0.4, 0.5) is 8.78 Å². The van der Waals surface area contributed by atoms with E-state index in [0.717, 1.165) is 23.5 Å². The molecule has 1 heterocycles. The van der Waals surface area contributed by atoms with Crippen molar-refractivity contribution < 1.29 is 13.9 Å². The predicted molar refractivity (Wildman–Crippen MR) is 89.0 cm³/mol. The molecule has 0 unspecified atom stereocenters. The summed E-state index contributed by atoms with van der Waals surface area (Å²) in [5.74, 6) is -1.70. The Labute approximate surface area is 140 Å². The van der Waals surface area contributed by atoms with Crippen molar-refractivity contribution in [2.45, 2.75) is 0 Å². The first-order chi connectivity index (χ1) is 11.6. The fourth-order valence-corrected chi connectivity index (χ4v) is 2.99. The molecule has 0 bridgehead atoms. The van der Waals surface area contributed by atoms with Gasteiger partial charge in [0.1, 0.15) is 34.0 Å². The van der Waals surface area contributed by atoms with Crippen LogP contribution in [0.25, 0.3) is 22.6 Å². The number of aliphatic hydroxyl groups is 1. The highest BCUT2D eigenvalue weighted by Crippen LogP contribution is 2.32. The number of nitrogens with zero attached hydrogens (tertiary/aromatic N) is 2. The molecule has 0 aliphatic carbocycles. The summed E-state index contributed by atoms with van der Waals surface area (Å²) in [6, 6.07) is 14.0. The minimum absolute atomic E-state index is 0.0470. The second kappa shape index (κ2) is 6.60. The molecule has 1 N–H and O–H groups in total. The van der Waals surface area contributed by atoms with Crippen LogP contribution in [0.3, 0.4) is 0 Å². The van der Waals surface area contributed by atoms with E-state index in [2.05, 4.69) is 4.98 Å². The summed E-state index contributed by atoms with van der Waals surface area (Å²) in [7, 11) is 0. The van der Waals surface area contributed by atoms with Crippen LogP contribution in [0.5, 0.6) is 0 Å². The van der Waals surface area contributed by atoms with Gasteiger partial charge in [0, 0.05) is 10.9 Å². The number of hydrogen-bond acceptors (Lipinski definition) is 4. The highest BCUT2D eigenvalue weighted by molar-refractivity contribution is 7.11. The van der Waals surface area contributed by atoms with Gasteiger partial charge >= 0.3 is 0 Å². The average molecular weight is 340 g/mol. The van der Waals surface area contributed by atoms with Crippen LogP contribution in [0.1, 0.15) is 10.6 Å². The lowest BCUT2D eigenvalue weighted by atomic mass is 10.1. The summed E-state index contributed by atoms with van der Waals surface area (Å²) in [4.78, 5) is 4.12. The van der Waals surface area contributed by atoms with E-state index < -0.39 is 11.6 Å². The van der Waals surface area contributed by atoms with E-state index in [4.69, 9.17) is 0 Å². The smallest absolute Gasteiger partial charge is 0.143 e. The third-order valence-corrected chi connectivity index (χ3v) is 4.19. The number of hydrogen-bond donors (Lipinski definition) is 1. The summed E-state index contributed by atoms with van der Waals surface area (Å²) in [5, 5.41) is 21.3. The molecule has 3 aromatic rings. The fraction of sp³-hybridized carbons (Fsp3) is 0. The van der Waals surface area contributed by atoms with Gasteiger partial charge in [-0.25, -0.2) is 13.8 Å². The van der Waals surface area contributed by atoms with Crippen LogP contribution in [-0.2, 0) is 0 Å². The first-order valence-corrected chi connectivity index (χ1v) is 7.79. The monoisotopic (exact) mass is 340 g/mol. The Morgan fingerprint density at radius 2 is 1.71 bits per heavy atom. The molecule has 3 rings (SSSR count). The maximum atomic E-state index is 13.9. The van der Waals surface area contributed by atoms with Crippen molar-refractivity contribution in [1.82, 2.24) is 4.98 Å². The van der Waals surface area contributed by atoms with Gasteiger partial charge in [0.2, 0.25) is 0 Å². The topological polar surface area (TPSA) is 56.9 Å². The first-order valence-electron chi connectivity index (χ1n) is 6.91. The van der Waals surface area contributed by atoms with Gasteiger partial charge in [0.05, 0.1) is 11.3 Å². The summed E-state index contributed by atoms with van der Waals surface area (Å²) in [5.41, 5.74) is 0.243. The van der Waals surface area contributed by atoms with Crippen LogP contribution >= 0.6 is 11.3 Å². The summed E-state index contributed by atoms with van der Waals surface area (Å²) in [6.45, 7) is 0. The normalized spacial score (nSPS) is 11.7. The van der Waals surface area contributed by atoms with E-state index in [0.29, 0.717) is 5.56 Å². The van der Waals surface area contributed by atoms with Crippen LogP contribution in [-0.4, -0.2) is 10.1 Å². The summed E-state index contributed by atoms with van der Waals surface area (Å²) >= 11 is 1.03. The van der Waals surface area contributed by atoms with Crippen LogP contribution in [0.2, 0.25) is 0 Å². The van der Waals surface area contributed by atoms with Crippen LogP contribution in [0, 0.1) is 23.0 Å². The van der Waals surface area contributed by atoms with E-state index in [1.54, 1.807) is 30.3 Å². The molecule has 0 saturated heterocycles. The highest BCUT2D eigenvalue weighted by Gasteiger charge is 2.18. The molecule has 118 valence electrons. The molecule has 24 heavy (non-hydrogen) atoms. The molecule has 0 saturated carbocycles. The summed E-state index contributed by atoms with van der Waals surface area (Å²) in [6.07, 6.45) is 0. The Hall–Kier alpha value is -3.04. The molecule has 0 spiro atoms. The largest absolute Gasteiger partial charge is 0.506 e. The van der Waals surface area contributed by atoms with Gasteiger partial charge in [-0.1, -0.05) is 36.4 Å². The van der Waals surface area contributed by atoms with E-state index in [1.807, 2.05) is 6.07 Å². The maximum absolute atomic E-state index is 13.9. The molecule has 2 aromatic carbocycles. The van der Waals surface area contributed by atoms with Gasteiger partial charge in [-0.05, 0) is 12.1 Å². The van der Waals surface area contributed by atoms with Crippen molar-refractivity contribution >= 4 is 22.7 Å². The van der Waals surface area contributed by atoms with E-state index in [-0.39, 0.29) is 27.6 Å². The second-order valence-electron chi connectivity index (χ2n) is 4.84. The predicted octanol–water partition coefficient (Wildman–Crippen LogP) is 5.04. The Kier molecular flexibility index (Phi) is 4.36. The number of halogens is 2. The van der Waals surface area contributed by atoms with Crippen molar-refractivity contribution in [3.63, 3.8) is 0 Å². The molecule has 0 radical (unpaired) electrons. The zero-order valence-corrected chi connectivity index (χ0v) is 13.0. The lowest BCUT2D eigenvalue weighted by Gasteiger charge is -2.02. The first kappa shape index (κ1) is 15.8. The lowest BCUT2D eigenvalue weighted by molar-refractivity contribution is 0.514. The third kappa shape index (κ3) is 2.90. The number of nitriles is 1. The lowest BCUT2D eigenvalue weighted by Crippen LogP contribution is -1.92. The SMILES string of the molecule is N#CC(=C(O)c1ccccc1)c1nc(-c2c(F)cccc2F)cs1. The quantitative estimate of drug-likeness (QED) is 0.537. The molecule has 0 aliphatic heterocycles. The van der Waals surface area contributed by atoms with Gasteiger partial charge in [-0.3, -0.25) is 0 Å². The van der Waals surface area contributed by atoms with Crippen molar-refractivity contribution in [2.75, 3.05) is 0 Å². The van der Waals surface area contributed by atoms with Gasteiger partial charge in [-0.2, -0.15) is 5.26 Å². The van der Waals surface area contributed by atoms with E-state index in [1.165, 1.54) is 11.4 Å². The Morgan fingerprint density at radius 1 is 1.04 bits per heavy atom. The maximum Gasteiger partial charge on any atom is 0.143 e. The van der Waals surface area contributed by atoms with Crippen molar-refractivity contribution in [3.8, 4) is 17.3 Å². The number of aliphatic hydroxyl groups excluding tert-OH is 1.